The molecule has 2 aromatic carbocycles. The van der Waals surface area contributed by atoms with E-state index >= 15 is 0 Å². The third-order valence-electron chi connectivity index (χ3n) is 3.80. The van der Waals surface area contributed by atoms with Crippen LogP contribution in [-0.4, -0.2) is 29.7 Å². The summed E-state index contributed by atoms with van der Waals surface area (Å²) >= 11 is 1.32. The maximum atomic E-state index is 12.3. The maximum absolute atomic E-state index is 12.3. The number of para-hydroxylation sites is 1. The summed E-state index contributed by atoms with van der Waals surface area (Å²) in [6.45, 7) is 0. The summed E-state index contributed by atoms with van der Waals surface area (Å²) in [5, 5.41) is 4.54. The van der Waals surface area contributed by atoms with Crippen molar-refractivity contribution in [3.8, 4) is 0 Å². The topological polar surface area (TPSA) is 68.3 Å². The molecule has 6 heteroatoms. The molecule has 132 valence electrons. The van der Waals surface area contributed by atoms with Gasteiger partial charge in [-0.05, 0) is 17.7 Å². The van der Waals surface area contributed by atoms with Crippen molar-refractivity contribution >= 4 is 34.5 Å². The van der Waals surface area contributed by atoms with Crippen LogP contribution in [0.3, 0.4) is 0 Å². The number of fused-ring (bicyclic) bond motifs is 1. The highest BCUT2D eigenvalue weighted by Crippen LogP contribution is 2.20. The highest BCUT2D eigenvalue weighted by Gasteiger charge is 2.23. The van der Waals surface area contributed by atoms with Gasteiger partial charge < -0.3 is 10.1 Å². The highest BCUT2D eigenvalue weighted by atomic mass is 32.2. The fourth-order valence-electron chi connectivity index (χ4n) is 2.51. The van der Waals surface area contributed by atoms with Crippen molar-refractivity contribution in [2.75, 3.05) is 12.9 Å². The Balaban J connectivity index is 1.65. The first-order valence-electron chi connectivity index (χ1n) is 8.08. The van der Waals surface area contributed by atoms with Gasteiger partial charge in [-0.2, -0.15) is 0 Å². The van der Waals surface area contributed by atoms with Crippen molar-refractivity contribution in [1.29, 1.82) is 0 Å². The fourth-order valence-corrected chi connectivity index (χ4v) is 3.20. The molecule has 0 fully saturated rings. The monoisotopic (exact) mass is 366 g/mol. The standard InChI is InChI=1S/C20H18N2O3S/c1-25-20(24)19(15-8-3-2-4-9-15)22-17(23)13-26-18-12-11-14-7-5-6-10-16(14)21-18/h2-12,19H,13H2,1H3,(H,22,23)/t19-/m1/s1. The minimum atomic E-state index is -0.820. The Labute approximate surface area is 155 Å². The number of nitrogens with one attached hydrogen (secondary N) is 1. The second kappa shape index (κ2) is 8.49. The van der Waals surface area contributed by atoms with E-state index in [2.05, 4.69) is 10.3 Å². The summed E-state index contributed by atoms with van der Waals surface area (Å²) < 4.78 is 4.81. The average molecular weight is 366 g/mol. The quantitative estimate of drug-likeness (QED) is 0.535. The summed E-state index contributed by atoms with van der Waals surface area (Å²) in [7, 11) is 1.30. The van der Waals surface area contributed by atoms with Gasteiger partial charge in [-0.25, -0.2) is 9.78 Å². The Bertz CT molecular complexity index is 915. The number of aromatic nitrogens is 1. The van der Waals surface area contributed by atoms with Crippen LogP contribution >= 0.6 is 11.8 Å². The molecular formula is C20H18N2O3S. The minimum absolute atomic E-state index is 0.158. The molecular weight excluding hydrogens is 348 g/mol. The predicted octanol–water partition coefficient (Wildman–Crippen LogP) is 3.36. The van der Waals surface area contributed by atoms with E-state index in [-0.39, 0.29) is 11.7 Å². The number of hydrogen-bond donors (Lipinski definition) is 1. The minimum Gasteiger partial charge on any atom is -0.467 e. The molecule has 0 unspecified atom stereocenters. The molecule has 0 radical (unpaired) electrons. The lowest BCUT2D eigenvalue weighted by molar-refractivity contribution is -0.145. The number of nitrogens with zero attached hydrogens (tertiary/aromatic N) is 1. The van der Waals surface area contributed by atoms with Crippen molar-refractivity contribution in [3.63, 3.8) is 0 Å². The van der Waals surface area contributed by atoms with E-state index in [1.165, 1.54) is 18.9 Å². The Kier molecular flexibility index (Phi) is 5.86. The highest BCUT2D eigenvalue weighted by molar-refractivity contribution is 7.99. The van der Waals surface area contributed by atoms with Gasteiger partial charge >= 0.3 is 5.97 Å². The number of rotatable bonds is 6. The van der Waals surface area contributed by atoms with E-state index < -0.39 is 12.0 Å². The molecule has 1 heterocycles. The predicted molar refractivity (Wildman–Crippen MR) is 102 cm³/mol. The van der Waals surface area contributed by atoms with Crippen molar-refractivity contribution in [3.05, 3.63) is 72.3 Å². The number of pyridine rings is 1. The zero-order valence-corrected chi connectivity index (χ0v) is 15.0. The number of carbonyl (C=O) groups excluding carboxylic acids is 2. The molecule has 0 aliphatic rings. The van der Waals surface area contributed by atoms with Crippen LogP contribution in [-0.2, 0) is 14.3 Å². The smallest absolute Gasteiger partial charge is 0.333 e. The lowest BCUT2D eigenvalue weighted by atomic mass is 10.1. The van der Waals surface area contributed by atoms with Crippen LogP contribution < -0.4 is 5.32 Å². The summed E-state index contributed by atoms with van der Waals surface area (Å²) in [6, 6.07) is 19.9. The summed E-state index contributed by atoms with van der Waals surface area (Å²) in [5.74, 6) is -0.603. The van der Waals surface area contributed by atoms with E-state index in [1.807, 2.05) is 54.6 Å². The second-order valence-corrected chi connectivity index (χ2v) is 6.56. The number of benzene rings is 2. The Morgan fingerprint density at radius 2 is 1.77 bits per heavy atom. The van der Waals surface area contributed by atoms with Gasteiger partial charge in [-0.3, -0.25) is 4.79 Å². The van der Waals surface area contributed by atoms with E-state index in [9.17, 15) is 9.59 Å². The molecule has 26 heavy (non-hydrogen) atoms. The third kappa shape index (κ3) is 4.40. The number of carbonyl (C=O) groups is 2. The first-order valence-corrected chi connectivity index (χ1v) is 9.06. The van der Waals surface area contributed by atoms with Gasteiger partial charge in [0.25, 0.3) is 0 Å². The first-order chi connectivity index (χ1) is 12.7. The molecule has 3 rings (SSSR count). The summed E-state index contributed by atoms with van der Waals surface area (Å²) in [5.41, 5.74) is 1.57. The van der Waals surface area contributed by atoms with Gasteiger partial charge in [0.15, 0.2) is 6.04 Å². The molecule has 3 aromatic rings. The van der Waals surface area contributed by atoms with E-state index in [1.54, 1.807) is 12.1 Å². The van der Waals surface area contributed by atoms with E-state index in [4.69, 9.17) is 4.74 Å². The van der Waals surface area contributed by atoms with Crippen LogP contribution in [0.25, 0.3) is 10.9 Å². The van der Waals surface area contributed by atoms with Crippen LogP contribution in [0.15, 0.2) is 71.8 Å². The van der Waals surface area contributed by atoms with Crippen molar-refractivity contribution in [2.24, 2.45) is 0 Å². The van der Waals surface area contributed by atoms with Crippen LogP contribution in [0, 0.1) is 0 Å². The maximum Gasteiger partial charge on any atom is 0.333 e. The molecule has 5 nitrogen and oxygen atoms in total. The van der Waals surface area contributed by atoms with Gasteiger partial charge in [-0.15, -0.1) is 0 Å². The molecule has 1 amide bonds. The van der Waals surface area contributed by atoms with Gasteiger partial charge in [0.1, 0.15) is 0 Å². The number of hydrogen-bond acceptors (Lipinski definition) is 5. The first kappa shape index (κ1) is 17.9. The molecule has 0 bridgehead atoms. The number of thioether (sulfide) groups is 1. The summed E-state index contributed by atoms with van der Waals surface area (Å²) in [6.07, 6.45) is 0. The molecule has 0 saturated carbocycles. The second-order valence-electron chi connectivity index (χ2n) is 5.57. The van der Waals surface area contributed by atoms with Crippen LogP contribution in [0.2, 0.25) is 0 Å². The zero-order valence-electron chi connectivity index (χ0n) is 14.2. The van der Waals surface area contributed by atoms with E-state index in [0.717, 1.165) is 15.9 Å². The van der Waals surface area contributed by atoms with Crippen LogP contribution in [0.1, 0.15) is 11.6 Å². The molecule has 0 saturated heterocycles. The Morgan fingerprint density at radius 3 is 2.54 bits per heavy atom. The Morgan fingerprint density at radius 1 is 1.04 bits per heavy atom. The molecule has 0 spiro atoms. The van der Waals surface area contributed by atoms with Crippen LogP contribution in [0.4, 0.5) is 0 Å². The van der Waals surface area contributed by atoms with Crippen LogP contribution in [0.5, 0.6) is 0 Å². The lowest BCUT2D eigenvalue weighted by Crippen LogP contribution is -2.35. The molecule has 0 aliphatic heterocycles. The van der Waals surface area contributed by atoms with Crippen molar-refractivity contribution in [1.82, 2.24) is 10.3 Å². The van der Waals surface area contributed by atoms with Gasteiger partial charge in [0, 0.05) is 5.39 Å². The third-order valence-corrected chi connectivity index (χ3v) is 4.73. The largest absolute Gasteiger partial charge is 0.467 e. The number of ether oxygens (including phenoxy) is 1. The van der Waals surface area contributed by atoms with Gasteiger partial charge in [0.05, 0.1) is 23.4 Å². The Hall–Kier alpha value is -2.86. The molecule has 1 atom stereocenters. The van der Waals surface area contributed by atoms with Gasteiger partial charge in [0.2, 0.25) is 5.91 Å². The fraction of sp³-hybridized carbons (Fsp3) is 0.150. The molecule has 0 aliphatic carbocycles. The summed E-state index contributed by atoms with van der Waals surface area (Å²) in [4.78, 5) is 28.9. The van der Waals surface area contributed by atoms with Crippen molar-refractivity contribution < 1.29 is 14.3 Å². The lowest BCUT2D eigenvalue weighted by Gasteiger charge is -2.16. The number of amides is 1. The number of methoxy groups -OCH3 is 1. The number of esters is 1. The van der Waals surface area contributed by atoms with Crippen molar-refractivity contribution in [2.45, 2.75) is 11.1 Å². The molecule has 1 N–H and O–H groups in total. The SMILES string of the molecule is COC(=O)[C@H](NC(=O)CSc1ccc2ccccc2n1)c1ccccc1. The normalized spacial score (nSPS) is 11.7. The average Bonchev–Trinajstić information content (AvgIpc) is 2.70. The van der Waals surface area contributed by atoms with E-state index in [0.29, 0.717) is 5.56 Å². The zero-order chi connectivity index (χ0) is 18.4. The molecule has 1 aromatic heterocycles. The van der Waals surface area contributed by atoms with Gasteiger partial charge in [-0.1, -0.05) is 66.4 Å².